The molecule has 4 rings (SSSR count). The smallest absolute Gasteiger partial charge is 0.410 e. The third kappa shape index (κ3) is 5.46. The number of nitrogens with one attached hydrogen (secondary N) is 1. The van der Waals surface area contributed by atoms with Crippen LogP contribution in [0.3, 0.4) is 0 Å². The van der Waals surface area contributed by atoms with Gasteiger partial charge in [0.2, 0.25) is 0 Å². The summed E-state index contributed by atoms with van der Waals surface area (Å²) in [4.78, 5) is 24.2. The second-order valence-corrected chi connectivity index (χ2v) is 8.34. The zero-order valence-electron chi connectivity index (χ0n) is 17.2. The molecule has 1 saturated heterocycles. The van der Waals surface area contributed by atoms with E-state index >= 15 is 0 Å². The van der Waals surface area contributed by atoms with E-state index in [1.807, 2.05) is 54.3 Å². The van der Waals surface area contributed by atoms with Crippen molar-refractivity contribution < 1.29 is 9.53 Å². The predicted molar refractivity (Wildman–Crippen MR) is 118 cm³/mol. The molecule has 7 nitrogen and oxygen atoms in total. The first-order valence-corrected chi connectivity index (χ1v) is 11.2. The van der Waals surface area contributed by atoms with Crippen LogP contribution in [-0.4, -0.2) is 63.2 Å². The number of carbonyl (C=O) groups excluding carboxylic acids is 1. The number of piperazine rings is 1. The summed E-state index contributed by atoms with van der Waals surface area (Å²) in [6.45, 7) is 4.14. The Morgan fingerprint density at radius 2 is 1.97 bits per heavy atom. The van der Waals surface area contributed by atoms with Gasteiger partial charge in [0.15, 0.2) is 5.16 Å². The molecule has 0 saturated carbocycles. The quantitative estimate of drug-likeness (QED) is 0.588. The number of aryl methyl sites for hydroxylation is 1. The van der Waals surface area contributed by atoms with E-state index in [1.54, 1.807) is 22.9 Å². The molecule has 3 heterocycles. The van der Waals surface area contributed by atoms with E-state index in [2.05, 4.69) is 20.9 Å². The lowest BCUT2D eigenvalue weighted by atomic mass is 10.2. The summed E-state index contributed by atoms with van der Waals surface area (Å²) in [7, 11) is 1.99. The molecular formula is C22H27N5O2S. The number of aromatic nitrogens is 3. The number of carbonyl (C=O) groups is 1. The summed E-state index contributed by atoms with van der Waals surface area (Å²) < 4.78 is 7.57. The van der Waals surface area contributed by atoms with E-state index in [4.69, 9.17) is 4.74 Å². The van der Waals surface area contributed by atoms with Gasteiger partial charge in [-0.1, -0.05) is 23.9 Å². The van der Waals surface area contributed by atoms with Crippen LogP contribution in [0.4, 0.5) is 4.79 Å². The van der Waals surface area contributed by atoms with Gasteiger partial charge < -0.3 is 19.2 Å². The van der Waals surface area contributed by atoms with E-state index in [1.165, 1.54) is 11.3 Å². The van der Waals surface area contributed by atoms with E-state index in [0.717, 1.165) is 37.0 Å². The molecule has 0 radical (unpaired) electrons. The van der Waals surface area contributed by atoms with Gasteiger partial charge in [0.05, 0.1) is 0 Å². The second-order valence-electron chi connectivity index (χ2n) is 7.40. The number of thioether (sulfide) groups is 1. The first-order valence-electron chi connectivity index (χ1n) is 10.2. The molecule has 2 aromatic heterocycles. The molecule has 0 unspecified atom stereocenters. The lowest BCUT2D eigenvalue weighted by Crippen LogP contribution is -2.49. The molecule has 158 valence electrons. The normalized spacial score (nSPS) is 14.8. The van der Waals surface area contributed by atoms with Gasteiger partial charge in [-0.25, -0.2) is 9.78 Å². The maximum absolute atomic E-state index is 12.5. The Kier molecular flexibility index (Phi) is 6.76. The molecule has 1 aliphatic rings. The van der Waals surface area contributed by atoms with Crippen molar-refractivity contribution >= 4 is 17.9 Å². The molecule has 1 N–H and O–H groups in total. The van der Waals surface area contributed by atoms with Gasteiger partial charge >= 0.3 is 6.09 Å². The summed E-state index contributed by atoms with van der Waals surface area (Å²) in [5.74, 6) is 1.41. The first-order chi connectivity index (χ1) is 14.7. The fraction of sp³-hybridized carbons (Fsp3) is 0.364. The Labute approximate surface area is 181 Å². The number of aromatic amines is 1. The van der Waals surface area contributed by atoms with Crippen LogP contribution in [0.25, 0.3) is 0 Å². The maximum atomic E-state index is 12.5. The standard InChI is InChI=1S/C22H27N5O2S/c1-25-12-10-24-21(25)30-17-18-4-6-20(7-5-18)29-22(28)27-15-13-26(14-16-27)11-8-19-3-2-9-23-19/h2-7,9-10,12,23H,8,11,13-17H2,1H3. The van der Waals surface area contributed by atoms with Gasteiger partial charge in [0.1, 0.15) is 5.75 Å². The summed E-state index contributed by atoms with van der Waals surface area (Å²) in [6.07, 6.45) is 6.42. The highest BCUT2D eigenvalue weighted by Crippen LogP contribution is 2.22. The Balaban J connectivity index is 1.20. The number of rotatable bonds is 7. The molecule has 1 amide bonds. The van der Waals surface area contributed by atoms with Crippen molar-refractivity contribution in [2.75, 3.05) is 32.7 Å². The van der Waals surface area contributed by atoms with Crippen LogP contribution in [0.1, 0.15) is 11.3 Å². The lowest BCUT2D eigenvalue weighted by molar-refractivity contribution is 0.111. The number of hydrogen-bond donors (Lipinski definition) is 1. The highest BCUT2D eigenvalue weighted by atomic mass is 32.2. The molecule has 3 aromatic rings. The second kappa shape index (κ2) is 9.86. The van der Waals surface area contributed by atoms with E-state index in [-0.39, 0.29) is 6.09 Å². The van der Waals surface area contributed by atoms with Gasteiger partial charge in [-0.3, -0.25) is 4.90 Å². The Morgan fingerprint density at radius 1 is 1.17 bits per heavy atom. The summed E-state index contributed by atoms with van der Waals surface area (Å²) >= 11 is 1.68. The molecule has 0 atom stereocenters. The van der Waals surface area contributed by atoms with E-state index < -0.39 is 0 Å². The van der Waals surface area contributed by atoms with E-state index in [9.17, 15) is 4.79 Å². The first kappa shape index (κ1) is 20.6. The number of H-pyrrole nitrogens is 1. The molecule has 0 bridgehead atoms. The number of nitrogens with zero attached hydrogens (tertiary/aromatic N) is 4. The van der Waals surface area contributed by atoms with Crippen molar-refractivity contribution in [2.45, 2.75) is 17.3 Å². The van der Waals surface area contributed by atoms with Gasteiger partial charge in [-0.15, -0.1) is 0 Å². The molecule has 1 fully saturated rings. The van der Waals surface area contributed by atoms with Crippen molar-refractivity contribution in [3.05, 3.63) is 66.2 Å². The van der Waals surface area contributed by atoms with Crippen LogP contribution in [0, 0.1) is 0 Å². The average molecular weight is 426 g/mol. The van der Waals surface area contributed by atoms with Crippen LogP contribution in [0.5, 0.6) is 5.75 Å². The monoisotopic (exact) mass is 425 g/mol. The minimum atomic E-state index is -0.269. The third-order valence-corrected chi connectivity index (χ3v) is 6.39. The average Bonchev–Trinajstić information content (AvgIpc) is 3.44. The Hall–Kier alpha value is -2.71. The van der Waals surface area contributed by atoms with E-state index in [0.29, 0.717) is 18.8 Å². The number of ether oxygens (including phenoxy) is 1. The molecule has 8 heteroatoms. The van der Waals surface area contributed by atoms with Crippen molar-refractivity contribution in [3.8, 4) is 5.75 Å². The van der Waals surface area contributed by atoms with Crippen molar-refractivity contribution in [1.29, 1.82) is 0 Å². The zero-order valence-corrected chi connectivity index (χ0v) is 18.0. The zero-order chi connectivity index (χ0) is 20.8. The van der Waals surface area contributed by atoms with Gasteiger partial charge in [-0.2, -0.15) is 0 Å². The summed E-state index contributed by atoms with van der Waals surface area (Å²) in [6, 6.07) is 11.8. The minimum Gasteiger partial charge on any atom is -0.410 e. The molecule has 1 aromatic carbocycles. The number of hydrogen-bond acceptors (Lipinski definition) is 5. The van der Waals surface area contributed by atoms with Crippen molar-refractivity contribution in [3.63, 3.8) is 0 Å². The van der Waals surface area contributed by atoms with Gasteiger partial charge in [0, 0.05) is 76.2 Å². The summed E-state index contributed by atoms with van der Waals surface area (Å²) in [5.41, 5.74) is 2.41. The van der Waals surface area contributed by atoms with Crippen molar-refractivity contribution in [1.82, 2.24) is 24.3 Å². The number of imidazole rings is 1. The SMILES string of the molecule is Cn1ccnc1SCc1ccc(OC(=O)N2CCN(CCc3ccc[nH]3)CC2)cc1. The minimum absolute atomic E-state index is 0.269. The largest absolute Gasteiger partial charge is 0.415 e. The molecule has 0 aliphatic carbocycles. The van der Waals surface area contributed by atoms with Crippen LogP contribution in [0.2, 0.25) is 0 Å². The van der Waals surface area contributed by atoms with Crippen LogP contribution < -0.4 is 4.74 Å². The Morgan fingerprint density at radius 3 is 2.63 bits per heavy atom. The molecule has 1 aliphatic heterocycles. The van der Waals surface area contributed by atoms with Gasteiger partial charge in [0.25, 0.3) is 0 Å². The fourth-order valence-corrected chi connectivity index (χ4v) is 4.30. The van der Waals surface area contributed by atoms with Crippen molar-refractivity contribution in [2.24, 2.45) is 7.05 Å². The number of benzene rings is 1. The van der Waals surface area contributed by atoms with Gasteiger partial charge in [-0.05, 0) is 29.8 Å². The van der Waals surface area contributed by atoms with Crippen LogP contribution in [0.15, 0.2) is 60.1 Å². The predicted octanol–water partition coefficient (Wildman–Crippen LogP) is 3.40. The maximum Gasteiger partial charge on any atom is 0.415 e. The summed E-state index contributed by atoms with van der Waals surface area (Å²) in [5, 5.41) is 0.984. The number of amides is 1. The Bertz CT molecular complexity index is 931. The fourth-order valence-electron chi connectivity index (χ4n) is 3.41. The highest BCUT2D eigenvalue weighted by molar-refractivity contribution is 7.98. The molecule has 0 spiro atoms. The topological polar surface area (TPSA) is 66.4 Å². The highest BCUT2D eigenvalue weighted by Gasteiger charge is 2.22. The third-order valence-electron chi connectivity index (χ3n) is 5.26. The molecular weight excluding hydrogens is 398 g/mol. The molecule has 30 heavy (non-hydrogen) atoms. The van der Waals surface area contributed by atoms with Crippen LogP contribution in [-0.2, 0) is 19.2 Å². The van der Waals surface area contributed by atoms with Crippen LogP contribution >= 0.6 is 11.8 Å². The lowest BCUT2D eigenvalue weighted by Gasteiger charge is -2.33.